The Morgan fingerprint density at radius 1 is 1.11 bits per heavy atom. The van der Waals surface area contributed by atoms with Crippen LogP contribution in [0.5, 0.6) is 0 Å². The minimum atomic E-state index is -3.69. The molecular formula is C11H7Br3N2O2S. The van der Waals surface area contributed by atoms with Gasteiger partial charge in [0.25, 0.3) is 10.0 Å². The summed E-state index contributed by atoms with van der Waals surface area (Å²) in [4.78, 5) is 4.12. The van der Waals surface area contributed by atoms with E-state index in [1.54, 1.807) is 30.5 Å². The molecule has 0 fully saturated rings. The molecule has 0 aliphatic rings. The minimum absolute atomic E-state index is 0.151. The van der Waals surface area contributed by atoms with Gasteiger partial charge >= 0.3 is 0 Å². The van der Waals surface area contributed by atoms with Crippen molar-refractivity contribution in [2.24, 2.45) is 0 Å². The van der Waals surface area contributed by atoms with Crippen LogP contribution < -0.4 is 4.72 Å². The van der Waals surface area contributed by atoms with Gasteiger partial charge in [0.05, 0.1) is 5.69 Å². The van der Waals surface area contributed by atoms with Crippen LogP contribution in [-0.2, 0) is 10.0 Å². The van der Waals surface area contributed by atoms with Crippen LogP contribution in [-0.4, -0.2) is 13.4 Å². The van der Waals surface area contributed by atoms with Gasteiger partial charge in [-0.15, -0.1) is 0 Å². The number of halogens is 3. The van der Waals surface area contributed by atoms with E-state index < -0.39 is 10.0 Å². The predicted octanol–water partition coefficient (Wildman–Crippen LogP) is 4.17. The average Bonchev–Trinajstić information content (AvgIpc) is 2.35. The molecule has 0 spiro atoms. The lowest BCUT2D eigenvalue weighted by Crippen LogP contribution is -2.14. The van der Waals surface area contributed by atoms with Gasteiger partial charge in [-0.05, 0) is 62.2 Å². The highest BCUT2D eigenvalue weighted by atomic mass is 79.9. The predicted molar refractivity (Wildman–Crippen MR) is 84.6 cm³/mol. The van der Waals surface area contributed by atoms with E-state index in [1.165, 1.54) is 6.07 Å². The Labute approximate surface area is 136 Å². The molecule has 4 nitrogen and oxygen atoms in total. The summed E-state index contributed by atoms with van der Waals surface area (Å²) < 4.78 is 28.7. The molecule has 1 aromatic heterocycles. The van der Waals surface area contributed by atoms with Crippen LogP contribution in [0.25, 0.3) is 0 Å². The summed E-state index contributed by atoms with van der Waals surface area (Å²) in [5.41, 5.74) is 0.384. The van der Waals surface area contributed by atoms with Crippen LogP contribution in [0.3, 0.4) is 0 Å². The lowest BCUT2D eigenvalue weighted by molar-refractivity contribution is 0.600. The van der Waals surface area contributed by atoms with Crippen LogP contribution in [0, 0.1) is 0 Å². The molecule has 8 heteroatoms. The molecule has 1 aromatic carbocycles. The van der Waals surface area contributed by atoms with E-state index >= 15 is 0 Å². The number of benzene rings is 1. The Hall–Kier alpha value is -0.440. The maximum Gasteiger partial charge on any atom is 0.263 e. The van der Waals surface area contributed by atoms with Crippen molar-refractivity contribution in [1.29, 1.82) is 0 Å². The molecule has 0 amide bonds. The topological polar surface area (TPSA) is 59.1 Å². The SMILES string of the molecule is O=S(=O)(Nc1cccnc1Br)c1cc(Br)ccc1Br. The zero-order valence-electron chi connectivity index (χ0n) is 9.27. The first-order valence-corrected chi connectivity index (χ1v) is 8.85. The lowest BCUT2D eigenvalue weighted by Gasteiger charge is -2.10. The van der Waals surface area contributed by atoms with Crippen molar-refractivity contribution in [1.82, 2.24) is 4.98 Å². The van der Waals surface area contributed by atoms with Crippen molar-refractivity contribution in [3.05, 3.63) is 50.1 Å². The molecule has 0 saturated carbocycles. The minimum Gasteiger partial charge on any atom is -0.277 e. The summed E-state index contributed by atoms with van der Waals surface area (Å²) in [7, 11) is -3.69. The number of anilines is 1. The highest BCUT2D eigenvalue weighted by Gasteiger charge is 2.19. The smallest absolute Gasteiger partial charge is 0.263 e. The number of nitrogens with zero attached hydrogens (tertiary/aromatic N) is 1. The molecule has 2 aromatic rings. The van der Waals surface area contributed by atoms with Gasteiger partial charge in [-0.1, -0.05) is 15.9 Å². The van der Waals surface area contributed by atoms with E-state index in [4.69, 9.17) is 0 Å². The quantitative estimate of drug-likeness (QED) is 0.685. The van der Waals surface area contributed by atoms with Gasteiger partial charge < -0.3 is 0 Å². The number of nitrogens with one attached hydrogen (secondary N) is 1. The molecule has 0 aliphatic heterocycles. The largest absolute Gasteiger partial charge is 0.277 e. The third-order valence-corrected chi connectivity index (χ3v) is 5.67. The first-order chi connectivity index (χ1) is 8.90. The van der Waals surface area contributed by atoms with Crippen molar-refractivity contribution >= 4 is 63.5 Å². The fourth-order valence-corrected chi connectivity index (χ4v) is 4.40. The lowest BCUT2D eigenvalue weighted by atomic mass is 10.4. The number of hydrogen-bond donors (Lipinski definition) is 1. The highest BCUT2D eigenvalue weighted by Crippen LogP contribution is 2.28. The molecule has 0 atom stereocenters. The third-order valence-electron chi connectivity index (χ3n) is 2.19. The van der Waals surface area contributed by atoms with Crippen LogP contribution in [0.15, 0.2) is 55.0 Å². The van der Waals surface area contributed by atoms with E-state index in [0.29, 0.717) is 19.2 Å². The van der Waals surface area contributed by atoms with Gasteiger partial charge in [-0.2, -0.15) is 0 Å². The monoisotopic (exact) mass is 468 g/mol. The van der Waals surface area contributed by atoms with Crippen molar-refractivity contribution < 1.29 is 8.42 Å². The Balaban J connectivity index is 2.44. The van der Waals surface area contributed by atoms with Crippen molar-refractivity contribution in [2.75, 3.05) is 4.72 Å². The first kappa shape index (κ1) is 15.0. The molecule has 0 aliphatic carbocycles. The summed E-state index contributed by atoms with van der Waals surface area (Å²) in [6, 6.07) is 8.22. The number of hydrogen-bond acceptors (Lipinski definition) is 3. The van der Waals surface area contributed by atoms with Gasteiger partial charge in [-0.3, -0.25) is 4.72 Å². The molecule has 2 rings (SSSR count). The second-order valence-electron chi connectivity index (χ2n) is 3.52. The zero-order valence-corrected chi connectivity index (χ0v) is 14.8. The van der Waals surface area contributed by atoms with Crippen molar-refractivity contribution in [3.8, 4) is 0 Å². The summed E-state index contributed by atoms with van der Waals surface area (Å²) >= 11 is 9.68. The van der Waals surface area contributed by atoms with E-state index in [0.717, 1.165) is 0 Å². The average molecular weight is 471 g/mol. The number of rotatable bonds is 3. The maximum atomic E-state index is 12.3. The number of pyridine rings is 1. The van der Waals surface area contributed by atoms with Gasteiger partial charge in [0, 0.05) is 15.1 Å². The Bertz CT molecular complexity index is 720. The summed E-state index contributed by atoms with van der Waals surface area (Å²) in [5, 5.41) is 0. The van der Waals surface area contributed by atoms with E-state index in [-0.39, 0.29) is 4.90 Å². The molecule has 1 N–H and O–H groups in total. The van der Waals surface area contributed by atoms with Gasteiger partial charge in [0.1, 0.15) is 9.50 Å². The normalized spacial score (nSPS) is 11.3. The van der Waals surface area contributed by atoms with E-state index in [1.807, 2.05) is 0 Å². The van der Waals surface area contributed by atoms with Crippen molar-refractivity contribution in [3.63, 3.8) is 0 Å². The zero-order chi connectivity index (χ0) is 14.0. The Kier molecular flexibility index (Phi) is 4.65. The second kappa shape index (κ2) is 5.90. The number of sulfonamides is 1. The standard InChI is InChI=1S/C11H7Br3N2O2S/c12-7-3-4-8(13)10(6-7)19(17,18)16-9-2-1-5-15-11(9)14/h1-6,16H. The van der Waals surface area contributed by atoms with Crippen LogP contribution in [0.1, 0.15) is 0 Å². The fraction of sp³-hybridized carbons (Fsp3) is 0. The summed E-state index contributed by atoms with van der Waals surface area (Å²) in [6.07, 6.45) is 1.57. The van der Waals surface area contributed by atoms with Crippen LogP contribution in [0.2, 0.25) is 0 Å². The summed E-state index contributed by atoms with van der Waals surface area (Å²) in [5.74, 6) is 0. The third kappa shape index (κ3) is 3.56. The molecule has 0 saturated heterocycles. The maximum absolute atomic E-state index is 12.3. The van der Waals surface area contributed by atoms with E-state index in [2.05, 4.69) is 57.5 Å². The molecule has 100 valence electrons. The Morgan fingerprint density at radius 2 is 1.84 bits per heavy atom. The molecule has 0 bridgehead atoms. The van der Waals surface area contributed by atoms with Gasteiger partial charge in [-0.25, -0.2) is 13.4 Å². The highest BCUT2D eigenvalue weighted by molar-refractivity contribution is 9.11. The molecule has 19 heavy (non-hydrogen) atoms. The van der Waals surface area contributed by atoms with Gasteiger partial charge in [0.2, 0.25) is 0 Å². The molecular weight excluding hydrogens is 464 g/mol. The first-order valence-electron chi connectivity index (χ1n) is 4.98. The summed E-state index contributed by atoms with van der Waals surface area (Å²) in [6.45, 7) is 0. The fourth-order valence-electron chi connectivity index (χ4n) is 1.35. The van der Waals surface area contributed by atoms with E-state index in [9.17, 15) is 8.42 Å². The van der Waals surface area contributed by atoms with Crippen LogP contribution in [0.4, 0.5) is 5.69 Å². The Morgan fingerprint density at radius 3 is 2.53 bits per heavy atom. The van der Waals surface area contributed by atoms with Crippen LogP contribution >= 0.6 is 47.8 Å². The number of aromatic nitrogens is 1. The second-order valence-corrected chi connectivity index (χ2v) is 7.69. The molecule has 1 heterocycles. The molecule has 0 radical (unpaired) electrons. The van der Waals surface area contributed by atoms with Gasteiger partial charge in [0.15, 0.2) is 0 Å². The molecule has 0 unspecified atom stereocenters. The van der Waals surface area contributed by atoms with Crippen molar-refractivity contribution in [2.45, 2.75) is 4.90 Å².